The summed E-state index contributed by atoms with van der Waals surface area (Å²) in [6.45, 7) is 0.383. The minimum atomic E-state index is -2.57. The molecule has 0 amide bonds. The number of hydrogen-bond donors (Lipinski definition) is 0. The van der Waals surface area contributed by atoms with Gasteiger partial charge in [0, 0.05) is 6.04 Å². The van der Waals surface area contributed by atoms with Gasteiger partial charge in [-0.05, 0) is 44.4 Å². The summed E-state index contributed by atoms with van der Waals surface area (Å²) in [7, 11) is 0. The van der Waals surface area contributed by atoms with Gasteiger partial charge in [0.2, 0.25) is 0 Å². The molecule has 4 rings (SSSR count). The second-order valence-corrected chi connectivity index (χ2v) is 7.48. The molecule has 1 saturated heterocycles. The molecule has 140 valence electrons. The van der Waals surface area contributed by atoms with Gasteiger partial charge in [-0.1, -0.05) is 31.4 Å². The van der Waals surface area contributed by atoms with Gasteiger partial charge in [-0.3, -0.25) is 14.3 Å². The maximum atomic E-state index is 13.2. The Morgan fingerprint density at radius 3 is 2.62 bits per heavy atom. The van der Waals surface area contributed by atoms with Crippen molar-refractivity contribution in [2.45, 2.75) is 70.0 Å². The molecule has 1 aliphatic carbocycles. The number of rotatable bonds is 4. The predicted molar refractivity (Wildman–Crippen MR) is 97.6 cm³/mol. The van der Waals surface area contributed by atoms with E-state index in [4.69, 9.17) is 4.98 Å². The lowest BCUT2D eigenvalue weighted by Gasteiger charge is -2.36. The van der Waals surface area contributed by atoms with E-state index in [0.717, 1.165) is 32.2 Å². The van der Waals surface area contributed by atoms with Crippen LogP contribution in [0.25, 0.3) is 10.9 Å². The zero-order chi connectivity index (χ0) is 18.1. The van der Waals surface area contributed by atoms with Crippen LogP contribution in [-0.4, -0.2) is 33.5 Å². The number of para-hydroxylation sites is 1. The van der Waals surface area contributed by atoms with Gasteiger partial charge >= 0.3 is 0 Å². The molecule has 6 heteroatoms. The second kappa shape index (κ2) is 7.43. The van der Waals surface area contributed by atoms with Crippen LogP contribution in [0.5, 0.6) is 0 Å². The van der Waals surface area contributed by atoms with Crippen LogP contribution in [-0.2, 0) is 6.54 Å². The molecule has 1 aliphatic heterocycles. The molecule has 1 aromatic carbocycles. The Morgan fingerprint density at radius 2 is 1.85 bits per heavy atom. The standard InChI is InChI=1S/C20H25F2N3O/c21-18(22)13-25-19(23-16-10-5-4-9-15(16)20(25)26)17-11-6-12-24(17)14-7-2-1-3-8-14/h4-5,9-10,14,17-18H,1-3,6-8,11-13H2. The zero-order valence-electron chi connectivity index (χ0n) is 14.9. The van der Waals surface area contributed by atoms with Gasteiger partial charge in [0.25, 0.3) is 12.0 Å². The number of aromatic nitrogens is 2. The lowest BCUT2D eigenvalue weighted by molar-refractivity contribution is 0.111. The second-order valence-electron chi connectivity index (χ2n) is 7.48. The first kappa shape index (κ1) is 17.6. The molecular formula is C20H25F2N3O. The van der Waals surface area contributed by atoms with E-state index in [2.05, 4.69) is 4.90 Å². The van der Waals surface area contributed by atoms with Gasteiger partial charge < -0.3 is 0 Å². The molecule has 2 fully saturated rings. The van der Waals surface area contributed by atoms with Crippen molar-refractivity contribution in [2.75, 3.05) is 6.54 Å². The first-order valence-corrected chi connectivity index (χ1v) is 9.68. The van der Waals surface area contributed by atoms with E-state index >= 15 is 0 Å². The molecular weight excluding hydrogens is 336 g/mol. The number of likely N-dealkylation sites (tertiary alicyclic amines) is 1. The summed E-state index contributed by atoms with van der Waals surface area (Å²) < 4.78 is 27.7. The van der Waals surface area contributed by atoms with Gasteiger partial charge in [0.05, 0.1) is 23.5 Å². The first-order chi connectivity index (χ1) is 12.6. The summed E-state index contributed by atoms with van der Waals surface area (Å²) in [5.74, 6) is 0.525. The topological polar surface area (TPSA) is 38.1 Å². The van der Waals surface area contributed by atoms with Crippen molar-refractivity contribution in [3.8, 4) is 0 Å². The van der Waals surface area contributed by atoms with Gasteiger partial charge in [-0.15, -0.1) is 0 Å². The van der Waals surface area contributed by atoms with Crippen LogP contribution in [0.1, 0.15) is 56.8 Å². The number of hydrogen-bond acceptors (Lipinski definition) is 3. The fraction of sp³-hybridized carbons (Fsp3) is 0.600. The average molecular weight is 361 g/mol. The van der Waals surface area contributed by atoms with E-state index in [1.807, 2.05) is 6.07 Å². The number of halogens is 2. The highest BCUT2D eigenvalue weighted by atomic mass is 19.3. The monoisotopic (exact) mass is 361 g/mol. The molecule has 26 heavy (non-hydrogen) atoms. The van der Waals surface area contributed by atoms with Crippen LogP contribution in [0.2, 0.25) is 0 Å². The number of benzene rings is 1. The highest BCUT2D eigenvalue weighted by molar-refractivity contribution is 5.77. The maximum Gasteiger partial charge on any atom is 0.261 e. The van der Waals surface area contributed by atoms with Gasteiger partial charge in [-0.25, -0.2) is 13.8 Å². The predicted octanol–water partition coefficient (Wildman–Crippen LogP) is 4.13. The lowest BCUT2D eigenvalue weighted by Crippen LogP contribution is -2.39. The molecule has 4 nitrogen and oxygen atoms in total. The largest absolute Gasteiger partial charge is 0.290 e. The maximum absolute atomic E-state index is 13.2. The Bertz CT molecular complexity index is 829. The molecule has 1 atom stereocenters. The SMILES string of the molecule is O=c1c2ccccc2nc(C2CCCN2C2CCCCC2)n1CC(F)F. The van der Waals surface area contributed by atoms with E-state index in [9.17, 15) is 13.6 Å². The Labute approximate surface area is 151 Å². The van der Waals surface area contributed by atoms with E-state index in [-0.39, 0.29) is 11.6 Å². The lowest BCUT2D eigenvalue weighted by atomic mass is 9.93. The van der Waals surface area contributed by atoms with Crippen molar-refractivity contribution in [1.29, 1.82) is 0 Å². The third-order valence-corrected chi connectivity index (χ3v) is 5.85. The molecule has 0 bridgehead atoms. The fourth-order valence-corrected chi connectivity index (χ4v) is 4.67. The first-order valence-electron chi connectivity index (χ1n) is 9.68. The van der Waals surface area contributed by atoms with Crippen LogP contribution in [0, 0.1) is 0 Å². The normalized spacial score (nSPS) is 22.5. The third kappa shape index (κ3) is 3.27. The molecule has 1 saturated carbocycles. The number of nitrogens with zero attached hydrogens (tertiary/aromatic N) is 3. The summed E-state index contributed by atoms with van der Waals surface area (Å²) >= 11 is 0. The van der Waals surface area contributed by atoms with E-state index in [1.54, 1.807) is 18.2 Å². The van der Waals surface area contributed by atoms with Gasteiger partial charge in [-0.2, -0.15) is 0 Å². The van der Waals surface area contributed by atoms with Crippen LogP contribution in [0.15, 0.2) is 29.1 Å². The summed E-state index contributed by atoms with van der Waals surface area (Å²) in [6.07, 6.45) is 5.37. The number of alkyl halides is 2. The average Bonchev–Trinajstić information content (AvgIpc) is 3.14. The molecule has 0 radical (unpaired) electrons. The highest BCUT2D eigenvalue weighted by Gasteiger charge is 2.35. The van der Waals surface area contributed by atoms with Crippen molar-refractivity contribution < 1.29 is 8.78 Å². The third-order valence-electron chi connectivity index (χ3n) is 5.85. The minimum absolute atomic E-state index is 0.0332. The van der Waals surface area contributed by atoms with Gasteiger partial charge in [0.15, 0.2) is 0 Å². The molecule has 1 unspecified atom stereocenters. The van der Waals surface area contributed by atoms with Crippen LogP contribution in [0.4, 0.5) is 8.78 Å². The van der Waals surface area contributed by atoms with Crippen molar-refractivity contribution in [3.63, 3.8) is 0 Å². The van der Waals surface area contributed by atoms with E-state index < -0.39 is 13.0 Å². The van der Waals surface area contributed by atoms with Crippen LogP contribution < -0.4 is 5.56 Å². The highest BCUT2D eigenvalue weighted by Crippen LogP contribution is 2.37. The fourth-order valence-electron chi connectivity index (χ4n) is 4.67. The summed E-state index contributed by atoms with van der Waals surface area (Å²) in [4.78, 5) is 20.0. The molecule has 1 aromatic heterocycles. The van der Waals surface area contributed by atoms with E-state index in [0.29, 0.717) is 22.8 Å². The summed E-state index contributed by atoms with van der Waals surface area (Å²) in [6, 6.07) is 7.51. The Morgan fingerprint density at radius 1 is 1.08 bits per heavy atom. The smallest absolute Gasteiger partial charge is 0.261 e. The Balaban J connectivity index is 1.79. The summed E-state index contributed by atoms with van der Waals surface area (Å²) in [5, 5.41) is 0.416. The van der Waals surface area contributed by atoms with Gasteiger partial charge in [0.1, 0.15) is 5.82 Å². The zero-order valence-corrected chi connectivity index (χ0v) is 14.9. The molecule has 0 N–H and O–H groups in total. The quantitative estimate of drug-likeness (QED) is 0.822. The summed E-state index contributed by atoms with van der Waals surface area (Å²) in [5.41, 5.74) is 0.259. The molecule has 0 spiro atoms. The Kier molecular flexibility index (Phi) is 5.02. The Hall–Kier alpha value is -1.82. The van der Waals surface area contributed by atoms with Crippen LogP contribution >= 0.6 is 0 Å². The van der Waals surface area contributed by atoms with Crippen LogP contribution in [0.3, 0.4) is 0 Å². The minimum Gasteiger partial charge on any atom is -0.290 e. The van der Waals surface area contributed by atoms with Crippen molar-refractivity contribution in [2.24, 2.45) is 0 Å². The molecule has 2 aliphatic rings. The van der Waals surface area contributed by atoms with Crippen molar-refractivity contribution >= 4 is 10.9 Å². The molecule has 2 heterocycles. The van der Waals surface area contributed by atoms with E-state index in [1.165, 1.54) is 23.8 Å². The number of fused-ring (bicyclic) bond motifs is 1. The van der Waals surface area contributed by atoms with Crippen molar-refractivity contribution in [3.05, 3.63) is 40.4 Å². The molecule has 2 aromatic rings. The van der Waals surface area contributed by atoms with Crippen molar-refractivity contribution in [1.82, 2.24) is 14.5 Å².